The molecular weight excluding hydrogens is 624 g/mol. The maximum Gasteiger partial charge on any atom is 0.178 e. The van der Waals surface area contributed by atoms with Gasteiger partial charge in [-0.2, -0.15) is 0 Å². The van der Waals surface area contributed by atoms with Crippen molar-refractivity contribution in [3.05, 3.63) is 144 Å². The number of ether oxygens (including phenoxy) is 6. The second-order valence-electron chi connectivity index (χ2n) is 15.5. The van der Waals surface area contributed by atoms with Crippen molar-refractivity contribution in [1.29, 1.82) is 0 Å². The minimum atomic E-state index is -0.675. The van der Waals surface area contributed by atoms with Crippen LogP contribution in [0.2, 0.25) is 0 Å². The van der Waals surface area contributed by atoms with Gasteiger partial charge in [-0.3, -0.25) is 0 Å². The summed E-state index contributed by atoms with van der Waals surface area (Å²) in [5.74, 6) is 0.428. The van der Waals surface area contributed by atoms with E-state index >= 15 is 0 Å². The lowest BCUT2D eigenvalue weighted by Gasteiger charge is -2.76. The molecule has 0 bridgehead atoms. The van der Waals surface area contributed by atoms with Gasteiger partial charge >= 0.3 is 0 Å². The van der Waals surface area contributed by atoms with E-state index < -0.39 is 42.4 Å². The number of benzene rings is 4. The van der Waals surface area contributed by atoms with Crippen LogP contribution in [0.5, 0.6) is 0 Å². The first-order valence-corrected chi connectivity index (χ1v) is 18.5. The van der Waals surface area contributed by atoms with Crippen molar-refractivity contribution in [2.75, 3.05) is 0 Å². The van der Waals surface area contributed by atoms with Gasteiger partial charge in [0.1, 0.15) is 36.6 Å². The van der Waals surface area contributed by atoms with Crippen molar-refractivity contribution < 1.29 is 28.4 Å². The second-order valence-corrected chi connectivity index (χ2v) is 15.5. The fourth-order valence-electron chi connectivity index (χ4n) is 10.4. The molecule has 11 atom stereocenters. The lowest BCUT2D eigenvalue weighted by Crippen LogP contribution is -2.80. The molecule has 5 aliphatic rings. The van der Waals surface area contributed by atoms with Crippen molar-refractivity contribution in [3.63, 3.8) is 0 Å². The van der Waals surface area contributed by atoms with Crippen molar-refractivity contribution in [2.45, 2.75) is 102 Å². The van der Waals surface area contributed by atoms with Crippen LogP contribution in [0.15, 0.2) is 121 Å². The zero-order chi connectivity index (χ0) is 33.8. The van der Waals surface area contributed by atoms with E-state index in [9.17, 15) is 0 Å². The molecule has 1 heterocycles. The third-order valence-electron chi connectivity index (χ3n) is 13.2. The van der Waals surface area contributed by atoms with Gasteiger partial charge in [0.25, 0.3) is 0 Å². The molecule has 0 N–H and O–H groups in total. The minimum absolute atomic E-state index is 0.0698. The largest absolute Gasteiger partial charge is 0.368 e. The molecule has 0 amide bonds. The second kappa shape index (κ2) is 13.0. The lowest BCUT2D eigenvalue weighted by molar-refractivity contribution is -0.439. The van der Waals surface area contributed by atoms with Crippen molar-refractivity contribution in [3.8, 4) is 0 Å². The van der Waals surface area contributed by atoms with Gasteiger partial charge in [0.15, 0.2) is 5.79 Å². The molecule has 1 aliphatic heterocycles. The van der Waals surface area contributed by atoms with Gasteiger partial charge in [0, 0.05) is 11.3 Å². The van der Waals surface area contributed by atoms with E-state index in [1.165, 1.54) is 6.42 Å². The highest BCUT2D eigenvalue weighted by Crippen LogP contribution is 2.86. The van der Waals surface area contributed by atoms with Crippen LogP contribution in [0.3, 0.4) is 0 Å². The molecule has 1 spiro atoms. The van der Waals surface area contributed by atoms with Crippen LogP contribution in [-0.2, 0) is 54.8 Å². The fourth-order valence-corrected chi connectivity index (χ4v) is 10.4. The Morgan fingerprint density at radius 3 is 1.26 bits per heavy atom. The molecule has 4 aromatic carbocycles. The molecule has 260 valence electrons. The van der Waals surface area contributed by atoms with E-state index in [1.807, 2.05) is 48.5 Å². The SMILES string of the molecule is CC12C3C[C@@H]1CC[C@]2(C)C31O[C@@H]2[C@H](OCc3ccccc3)[C@@H](OCc3ccccc3)[C@H](OCc3ccccc3)[C@@H](OCc3ccccc3)[C@@H]2O1. The molecule has 0 radical (unpaired) electrons. The highest BCUT2D eigenvalue weighted by molar-refractivity contribution is 5.33. The zero-order valence-electron chi connectivity index (χ0n) is 29.1. The van der Waals surface area contributed by atoms with E-state index in [0.29, 0.717) is 32.3 Å². The first-order chi connectivity index (χ1) is 24.5. The van der Waals surface area contributed by atoms with Gasteiger partial charge in [-0.05, 0) is 52.8 Å². The number of rotatable bonds is 12. The Morgan fingerprint density at radius 1 is 0.520 bits per heavy atom. The number of hydrogen-bond acceptors (Lipinski definition) is 6. The van der Waals surface area contributed by atoms with Gasteiger partial charge in [-0.1, -0.05) is 135 Å². The summed E-state index contributed by atoms with van der Waals surface area (Å²) in [6, 6.07) is 41.4. The molecule has 5 fully saturated rings. The summed E-state index contributed by atoms with van der Waals surface area (Å²) < 4.78 is 42.8. The van der Waals surface area contributed by atoms with E-state index in [-0.39, 0.29) is 10.8 Å². The Morgan fingerprint density at radius 2 is 0.880 bits per heavy atom. The van der Waals surface area contributed by atoms with Gasteiger partial charge in [0.2, 0.25) is 0 Å². The third-order valence-corrected chi connectivity index (χ3v) is 13.2. The van der Waals surface area contributed by atoms with Crippen LogP contribution >= 0.6 is 0 Å². The van der Waals surface area contributed by atoms with Gasteiger partial charge in [0.05, 0.1) is 26.4 Å². The van der Waals surface area contributed by atoms with E-state index in [4.69, 9.17) is 28.4 Å². The summed E-state index contributed by atoms with van der Waals surface area (Å²) in [5.41, 5.74) is 4.56. The molecule has 1 saturated heterocycles. The summed E-state index contributed by atoms with van der Waals surface area (Å²) in [4.78, 5) is 0. The van der Waals surface area contributed by atoms with Gasteiger partial charge in [-0.25, -0.2) is 0 Å². The van der Waals surface area contributed by atoms with Crippen LogP contribution in [-0.4, -0.2) is 42.4 Å². The third kappa shape index (κ3) is 5.14. The maximum atomic E-state index is 7.44. The van der Waals surface area contributed by atoms with E-state index in [0.717, 1.165) is 41.0 Å². The Balaban J connectivity index is 1.11. The van der Waals surface area contributed by atoms with Gasteiger partial charge in [-0.15, -0.1) is 0 Å². The summed E-state index contributed by atoms with van der Waals surface area (Å²) >= 11 is 0. The molecule has 0 aromatic heterocycles. The highest BCUT2D eigenvalue weighted by Gasteiger charge is 2.89. The standard InChI is InChI=1S/C44H48O6/c1-42-24-23-34-25-35(43(34,42)2)44(42)49-40-38(47-28-32-19-11-5-12-20-32)36(45-26-30-15-7-3-8-16-30)37(46-27-31-17-9-4-10-18-31)39(41(40)50-44)48-29-33-21-13-6-14-22-33/h3-22,34-41H,23-29H2,1-2H3/t34-,35?,36-,37-,38+,39+,40-,41+,42-,43?,44?/m0/s1. The van der Waals surface area contributed by atoms with Crippen LogP contribution in [0.25, 0.3) is 0 Å². The topological polar surface area (TPSA) is 55.4 Å². The predicted molar refractivity (Wildman–Crippen MR) is 190 cm³/mol. The zero-order valence-corrected chi connectivity index (χ0v) is 29.1. The smallest absolute Gasteiger partial charge is 0.178 e. The molecule has 6 nitrogen and oxygen atoms in total. The minimum Gasteiger partial charge on any atom is -0.368 e. The van der Waals surface area contributed by atoms with Crippen molar-refractivity contribution >= 4 is 0 Å². The molecule has 3 unspecified atom stereocenters. The number of hydrogen-bond donors (Lipinski definition) is 0. The molecular formula is C44H48O6. The summed E-state index contributed by atoms with van der Waals surface area (Å²) in [6.45, 7) is 6.57. The first-order valence-electron chi connectivity index (χ1n) is 18.5. The maximum absolute atomic E-state index is 7.44. The summed E-state index contributed by atoms with van der Waals surface area (Å²) in [6.07, 6.45) is 0.842. The highest BCUT2D eigenvalue weighted by atomic mass is 16.8. The van der Waals surface area contributed by atoms with Crippen LogP contribution in [0.4, 0.5) is 0 Å². The van der Waals surface area contributed by atoms with E-state index in [2.05, 4.69) is 86.6 Å². The Hall–Kier alpha value is -3.36. The molecule has 4 aromatic rings. The van der Waals surface area contributed by atoms with Crippen molar-refractivity contribution in [1.82, 2.24) is 0 Å². The quantitative estimate of drug-likeness (QED) is 0.151. The molecule has 50 heavy (non-hydrogen) atoms. The Labute approximate surface area is 296 Å². The monoisotopic (exact) mass is 672 g/mol. The van der Waals surface area contributed by atoms with Crippen LogP contribution < -0.4 is 0 Å². The van der Waals surface area contributed by atoms with Crippen LogP contribution in [0.1, 0.15) is 55.4 Å². The average molecular weight is 673 g/mol. The molecule has 4 aliphatic carbocycles. The average Bonchev–Trinajstić information content (AvgIpc) is 3.58. The van der Waals surface area contributed by atoms with E-state index in [1.54, 1.807) is 0 Å². The predicted octanol–water partition coefficient (Wildman–Crippen LogP) is 8.28. The summed E-state index contributed by atoms with van der Waals surface area (Å²) in [5, 5.41) is 0. The Kier molecular flexibility index (Phi) is 8.46. The Bertz CT molecular complexity index is 1630. The van der Waals surface area contributed by atoms with Crippen LogP contribution in [0, 0.1) is 22.7 Å². The summed E-state index contributed by atoms with van der Waals surface area (Å²) in [7, 11) is 0. The number of fused-ring (bicyclic) bond motifs is 3. The molecule has 6 heteroatoms. The van der Waals surface area contributed by atoms with Gasteiger partial charge < -0.3 is 28.4 Å². The first kappa shape index (κ1) is 32.5. The molecule has 4 saturated carbocycles. The fraction of sp³-hybridized carbons (Fsp3) is 0.455. The molecule has 9 rings (SSSR count). The normalized spacial score (nSPS) is 37.9. The lowest BCUT2D eigenvalue weighted by atomic mass is 9.32. The van der Waals surface area contributed by atoms with Crippen molar-refractivity contribution in [2.24, 2.45) is 22.7 Å².